The minimum absolute atomic E-state index is 0.441. The first kappa shape index (κ1) is 14.1. The molecule has 1 aromatic rings. The molecule has 0 aliphatic heterocycles. The van der Waals surface area contributed by atoms with E-state index >= 15 is 0 Å². The van der Waals surface area contributed by atoms with Crippen molar-refractivity contribution in [2.45, 2.75) is 66.3 Å². The number of unbranched alkanes of at least 4 members (excludes halogenated alkanes) is 1. The van der Waals surface area contributed by atoms with Crippen LogP contribution in [0.2, 0.25) is 0 Å². The molecule has 0 spiro atoms. The van der Waals surface area contributed by atoms with Crippen molar-refractivity contribution < 1.29 is 5.11 Å². The Labute approximate surface area is 105 Å². The lowest BCUT2D eigenvalue weighted by atomic mass is 10.1. The molecular weight excluding hydrogens is 212 g/mol. The lowest BCUT2D eigenvalue weighted by Gasteiger charge is -2.09. The van der Waals surface area contributed by atoms with Gasteiger partial charge in [-0.1, -0.05) is 40.5 Å². The maximum Gasteiger partial charge on any atom is 0.160 e. The third-order valence-electron chi connectivity index (χ3n) is 2.91. The number of aromatic nitrogens is 2. The molecule has 0 saturated heterocycles. The molecule has 98 valence electrons. The molecule has 0 aliphatic carbocycles. The number of aromatic hydroxyl groups is 1. The molecule has 0 bridgehead atoms. The van der Waals surface area contributed by atoms with Crippen LogP contribution in [-0.2, 0) is 19.4 Å². The van der Waals surface area contributed by atoms with Crippen molar-refractivity contribution in [1.82, 2.24) is 9.78 Å². The lowest BCUT2D eigenvalue weighted by Crippen LogP contribution is -2.07. The van der Waals surface area contributed by atoms with Gasteiger partial charge in [-0.05, 0) is 25.2 Å². The Hall–Kier alpha value is -0.990. The van der Waals surface area contributed by atoms with Crippen LogP contribution in [0.25, 0.3) is 0 Å². The van der Waals surface area contributed by atoms with Crippen LogP contribution in [0.1, 0.15) is 58.3 Å². The second-order valence-electron chi connectivity index (χ2n) is 5.17. The van der Waals surface area contributed by atoms with E-state index in [1.807, 2.05) is 4.68 Å². The van der Waals surface area contributed by atoms with Gasteiger partial charge in [0.2, 0.25) is 0 Å². The Morgan fingerprint density at radius 2 is 1.94 bits per heavy atom. The zero-order valence-electron chi connectivity index (χ0n) is 11.7. The van der Waals surface area contributed by atoms with Gasteiger partial charge >= 0.3 is 0 Å². The van der Waals surface area contributed by atoms with E-state index in [2.05, 4.69) is 32.8 Å². The fourth-order valence-corrected chi connectivity index (χ4v) is 2.03. The molecule has 1 aromatic heterocycles. The van der Waals surface area contributed by atoms with Crippen LogP contribution in [0, 0.1) is 5.92 Å². The fourth-order valence-electron chi connectivity index (χ4n) is 2.03. The van der Waals surface area contributed by atoms with E-state index in [4.69, 9.17) is 0 Å². The van der Waals surface area contributed by atoms with Crippen molar-refractivity contribution in [3.8, 4) is 5.75 Å². The predicted octanol–water partition coefficient (Wildman–Crippen LogP) is 3.54. The van der Waals surface area contributed by atoms with E-state index in [1.54, 1.807) is 0 Å². The molecule has 17 heavy (non-hydrogen) atoms. The van der Waals surface area contributed by atoms with Crippen LogP contribution in [-0.4, -0.2) is 14.9 Å². The first-order valence-corrected chi connectivity index (χ1v) is 6.87. The largest absolute Gasteiger partial charge is 0.504 e. The third-order valence-corrected chi connectivity index (χ3v) is 2.91. The highest BCUT2D eigenvalue weighted by molar-refractivity contribution is 5.32. The number of hydrogen-bond acceptors (Lipinski definition) is 2. The van der Waals surface area contributed by atoms with E-state index in [0.29, 0.717) is 11.7 Å². The van der Waals surface area contributed by atoms with E-state index in [9.17, 15) is 5.11 Å². The van der Waals surface area contributed by atoms with Gasteiger partial charge in [0.05, 0.1) is 5.69 Å². The quantitative estimate of drug-likeness (QED) is 0.789. The van der Waals surface area contributed by atoms with Crippen molar-refractivity contribution in [2.75, 3.05) is 0 Å². The first-order chi connectivity index (χ1) is 8.10. The Bertz CT molecular complexity index is 342. The molecule has 1 heterocycles. The van der Waals surface area contributed by atoms with E-state index in [1.165, 1.54) is 0 Å². The van der Waals surface area contributed by atoms with Crippen molar-refractivity contribution in [3.05, 3.63) is 11.4 Å². The number of nitrogens with zero attached hydrogens (tertiary/aromatic N) is 2. The molecule has 0 fully saturated rings. The number of aryl methyl sites for hydroxylation is 2. The van der Waals surface area contributed by atoms with Gasteiger partial charge in [-0.3, -0.25) is 4.68 Å². The minimum Gasteiger partial charge on any atom is -0.504 e. The highest BCUT2D eigenvalue weighted by Crippen LogP contribution is 2.26. The topological polar surface area (TPSA) is 38.0 Å². The monoisotopic (exact) mass is 238 g/mol. The zero-order chi connectivity index (χ0) is 12.8. The smallest absolute Gasteiger partial charge is 0.160 e. The molecule has 0 saturated carbocycles. The highest BCUT2D eigenvalue weighted by atomic mass is 16.3. The molecule has 0 unspecified atom stereocenters. The van der Waals surface area contributed by atoms with Crippen LogP contribution in [0.5, 0.6) is 5.75 Å². The van der Waals surface area contributed by atoms with Crippen molar-refractivity contribution in [3.63, 3.8) is 0 Å². The first-order valence-electron chi connectivity index (χ1n) is 6.87. The van der Waals surface area contributed by atoms with E-state index < -0.39 is 0 Å². The molecule has 0 atom stereocenters. The molecular formula is C14H26N2O. The zero-order valence-corrected chi connectivity index (χ0v) is 11.7. The average molecular weight is 238 g/mol. The molecule has 0 aliphatic rings. The molecule has 1 rings (SSSR count). The normalized spacial score (nSPS) is 11.4. The molecule has 1 N–H and O–H groups in total. The summed E-state index contributed by atoms with van der Waals surface area (Å²) in [4.78, 5) is 0. The maximum atomic E-state index is 10.2. The summed E-state index contributed by atoms with van der Waals surface area (Å²) in [6.07, 6.45) is 5.09. The van der Waals surface area contributed by atoms with Gasteiger partial charge in [0.15, 0.2) is 5.75 Å². The summed E-state index contributed by atoms with van der Waals surface area (Å²) in [7, 11) is 0. The summed E-state index contributed by atoms with van der Waals surface area (Å²) in [5, 5.41) is 14.8. The van der Waals surface area contributed by atoms with Crippen molar-refractivity contribution >= 4 is 0 Å². The predicted molar refractivity (Wildman–Crippen MR) is 71.3 cm³/mol. The molecule has 0 radical (unpaired) electrons. The fraction of sp³-hybridized carbons (Fsp3) is 0.786. The maximum absolute atomic E-state index is 10.2. The van der Waals surface area contributed by atoms with Gasteiger partial charge in [-0.25, -0.2) is 0 Å². The Balaban J connectivity index is 2.94. The summed E-state index contributed by atoms with van der Waals surface area (Å²) in [6, 6.07) is 0. The van der Waals surface area contributed by atoms with Gasteiger partial charge in [0, 0.05) is 6.54 Å². The van der Waals surface area contributed by atoms with Gasteiger partial charge < -0.3 is 5.11 Å². The minimum atomic E-state index is 0.441. The van der Waals surface area contributed by atoms with Gasteiger partial charge in [-0.2, -0.15) is 5.10 Å². The van der Waals surface area contributed by atoms with Gasteiger partial charge in [0.25, 0.3) is 0 Å². The average Bonchev–Trinajstić information content (AvgIpc) is 2.55. The summed E-state index contributed by atoms with van der Waals surface area (Å²) < 4.78 is 2.02. The Morgan fingerprint density at radius 1 is 1.24 bits per heavy atom. The van der Waals surface area contributed by atoms with Crippen LogP contribution in [0.3, 0.4) is 0 Å². The van der Waals surface area contributed by atoms with Crippen LogP contribution in [0.15, 0.2) is 0 Å². The SMILES string of the molecule is CCCCn1nc(CCC)c(O)c1CC(C)C. The number of hydrogen-bond donors (Lipinski definition) is 1. The third kappa shape index (κ3) is 3.76. The molecule has 0 aromatic carbocycles. The van der Waals surface area contributed by atoms with Crippen molar-refractivity contribution in [1.29, 1.82) is 0 Å². The van der Waals surface area contributed by atoms with E-state index in [-0.39, 0.29) is 0 Å². The summed E-state index contributed by atoms with van der Waals surface area (Å²) in [5.41, 5.74) is 1.90. The van der Waals surface area contributed by atoms with Crippen LogP contribution < -0.4 is 0 Å². The number of rotatable bonds is 7. The molecule has 3 heteroatoms. The van der Waals surface area contributed by atoms with Gasteiger partial charge in [0.1, 0.15) is 5.69 Å². The Morgan fingerprint density at radius 3 is 2.47 bits per heavy atom. The Kier molecular flexibility index (Phi) is 5.52. The van der Waals surface area contributed by atoms with Crippen LogP contribution in [0.4, 0.5) is 0 Å². The highest BCUT2D eigenvalue weighted by Gasteiger charge is 2.16. The summed E-state index contributed by atoms with van der Waals surface area (Å²) in [5.74, 6) is 0.990. The standard InChI is InChI=1S/C14H26N2O/c1-5-7-9-16-13(10-11(3)4)14(17)12(15-16)8-6-2/h11,17H,5-10H2,1-4H3. The van der Waals surface area contributed by atoms with Gasteiger partial charge in [-0.15, -0.1) is 0 Å². The second-order valence-corrected chi connectivity index (χ2v) is 5.17. The molecule has 3 nitrogen and oxygen atoms in total. The van der Waals surface area contributed by atoms with Crippen molar-refractivity contribution in [2.24, 2.45) is 5.92 Å². The summed E-state index contributed by atoms with van der Waals surface area (Å²) in [6.45, 7) is 9.58. The van der Waals surface area contributed by atoms with E-state index in [0.717, 1.165) is 50.0 Å². The lowest BCUT2D eigenvalue weighted by molar-refractivity contribution is 0.447. The molecule has 0 amide bonds. The second kappa shape index (κ2) is 6.67. The summed E-state index contributed by atoms with van der Waals surface area (Å²) >= 11 is 0. The van der Waals surface area contributed by atoms with Crippen LogP contribution >= 0.6 is 0 Å².